The van der Waals surface area contributed by atoms with Crippen molar-refractivity contribution < 1.29 is 0 Å². The van der Waals surface area contributed by atoms with E-state index in [1.807, 2.05) is 0 Å². The second kappa shape index (κ2) is 3.49. The monoisotopic (exact) mass is 198 g/mol. The number of hydrogen-bond donors (Lipinski definition) is 2. The van der Waals surface area contributed by atoms with Crippen LogP contribution in [0.25, 0.3) is 0 Å². The molecule has 0 saturated heterocycles. The molecule has 1 saturated carbocycles. The molecule has 0 atom stereocenters. The average molecular weight is 198 g/mol. The molecule has 0 aromatic rings. The molecule has 1 aliphatic rings. The smallest absolute Gasteiger partial charge is 0.0161 e. The van der Waals surface area contributed by atoms with Crippen LogP contribution >= 0.6 is 0 Å². The Labute approximate surface area is 88.6 Å². The van der Waals surface area contributed by atoms with Gasteiger partial charge in [-0.25, -0.2) is 0 Å². The topological polar surface area (TPSA) is 38.0 Å². The normalized spacial score (nSPS) is 21.0. The number of nitrogens with one attached hydrogen (secondary N) is 1. The van der Waals surface area contributed by atoms with E-state index in [1.165, 1.54) is 12.8 Å². The molecule has 1 fully saturated rings. The van der Waals surface area contributed by atoms with Gasteiger partial charge >= 0.3 is 0 Å². The van der Waals surface area contributed by atoms with Gasteiger partial charge < -0.3 is 11.1 Å². The van der Waals surface area contributed by atoms with Crippen LogP contribution in [-0.4, -0.2) is 18.6 Å². The Balaban J connectivity index is 2.29. The predicted molar refractivity (Wildman–Crippen MR) is 62.3 cm³/mol. The summed E-state index contributed by atoms with van der Waals surface area (Å²) in [6, 6.07) is 0. The van der Waals surface area contributed by atoms with Gasteiger partial charge in [0.15, 0.2) is 0 Å². The molecule has 2 nitrogen and oxygen atoms in total. The van der Waals surface area contributed by atoms with Crippen molar-refractivity contribution >= 4 is 0 Å². The molecule has 14 heavy (non-hydrogen) atoms. The van der Waals surface area contributed by atoms with Crippen LogP contribution in [0.5, 0.6) is 0 Å². The Kier molecular flexibility index (Phi) is 2.99. The lowest BCUT2D eigenvalue weighted by molar-refractivity contribution is 0.192. The van der Waals surface area contributed by atoms with Gasteiger partial charge in [-0.1, -0.05) is 20.8 Å². The van der Waals surface area contributed by atoms with Crippen molar-refractivity contribution in [1.82, 2.24) is 5.32 Å². The molecule has 0 amide bonds. The summed E-state index contributed by atoms with van der Waals surface area (Å²) in [5, 5.41) is 3.55. The number of rotatable bonds is 5. The van der Waals surface area contributed by atoms with Crippen molar-refractivity contribution in [1.29, 1.82) is 0 Å². The molecule has 3 N–H and O–H groups in total. The van der Waals surface area contributed by atoms with Crippen LogP contribution in [0.3, 0.4) is 0 Å². The second-order valence-electron chi connectivity index (χ2n) is 6.52. The predicted octanol–water partition coefficient (Wildman–Crippen LogP) is 2.14. The molecule has 0 heterocycles. The zero-order valence-corrected chi connectivity index (χ0v) is 10.4. The van der Waals surface area contributed by atoms with Crippen molar-refractivity contribution in [2.45, 2.75) is 53.0 Å². The summed E-state index contributed by atoms with van der Waals surface area (Å²) in [7, 11) is 0. The van der Waals surface area contributed by atoms with Crippen molar-refractivity contribution in [2.75, 3.05) is 13.1 Å². The van der Waals surface area contributed by atoms with E-state index in [1.54, 1.807) is 0 Å². The minimum atomic E-state index is -0.121. The van der Waals surface area contributed by atoms with Crippen LogP contribution < -0.4 is 11.1 Å². The van der Waals surface area contributed by atoms with Gasteiger partial charge in [-0.15, -0.1) is 0 Å². The highest BCUT2D eigenvalue weighted by molar-refractivity contribution is 4.94. The lowest BCUT2D eigenvalue weighted by Gasteiger charge is -2.39. The van der Waals surface area contributed by atoms with Crippen LogP contribution in [-0.2, 0) is 0 Å². The van der Waals surface area contributed by atoms with Gasteiger partial charge in [0.1, 0.15) is 0 Å². The summed E-state index contributed by atoms with van der Waals surface area (Å²) in [6.45, 7) is 13.2. The van der Waals surface area contributed by atoms with Crippen LogP contribution in [0.4, 0.5) is 0 Å². The molecule has 1 aliphatic carbocycles. The van der Waals surface area contributed by atoms with E-state index in [-0.39, 0.29) is 11.0 Å². The summed E-state index contributed by atoms with van der Waals surface area (Å²) in [5.74, 6) is 0. The van der Waals surface area contributed by atoms with E-state index < -0.39 is 0 Å². The van der Waals surface area contributed by atoms with Crippen molar-refractivity contribution in [3.8, 4) is 0 Å². The largest absolute Gasteiger partial charge is 0.325 e. The number of nitrogens with two attached hydrogens (primary N) is 1. The van der Waals surface area contributed by atoms with Crippen molar-refractivity contribution in [3.05, 3.63) is 0 Å². The second-order valence-corrected chi connectivity index (χ2v) is 6.52. The highest BCUT2D eigenvalue weighted by Gasteiger charge is 2.38. The van der Waals surface area contributed by atoms with E-state index in [9.17, 15) is 0 Å². The Morgan fingerprint density at radius 2 is 1.71 bits per heavy atom. The van der Waals surface area contributed by atoms with Gasteiger partial charge in [0.2, 0.25) is 0 Å². The first-order valence-electron chi connectivity index (χ1n) is 5.66. The van der Waals surface area contributed by atoms with Crippen molar-refractivity contribution in [2.24, 2.45) is 16.6 Å². The van der Waals surface area contributed by atoms with Crippen LogP contribution in [0.2, 0.25) is 0 Å². The van der Waals surface area contributed by atoms with Crippen LogP contribution in [0.15, 0.2) is 0 Å². The standard InChI is InChI=1S/C12H26N2/c1-10(2,11(3,4)13)8-14-9-12(5)6-7-12/h14H,6-9,13H2,1-5H3. The molecule has 0 unspecified atom stereocenters. The average Bonchev–Trinajstić information content (AvgIpc) is 2.65. The summed E-state index contributed by atoms with van der Waals surface area (Å²) in [5.41, 5.74) is 6.76. The van der Waals surface area contributed by atoms with E-state index >= 15 is 0 Å². The number of hydrogen-bond acceptors (Lipinski definition) is 2. The molecular formula is C12H26N2. The van der Waals surface area contributed by atoms with Gasteiger partial charge in [0.25, 0.3) is 0 Å². The first kappa shape index (κ1) is 12.0. The fourth-order valence-corrected chi connectivity index (χ4v) is 1.29. The van der Waals surface area contributed by atoms with E-state index in [2.05, 4.69) is 39.9 Å². The zero-order chi connectivity index (χ0) is 11.0. The molecule has 0 spiro atoms. The fourth-order valence-electron chi connectivity index (χ4n) is 1.29. The SMILES string of the molecule is CC1(CNCC(C)(C)C(C)(C)N)CC1. The van der Waals surface area contributed by atoms with Gasteiger partial charge in [-0.05, 0) is 37.5 Å². The lowest BCUT2D eigenvalue weighted by atomic mass is 9.75. The first-order chi connectivity index (χ1) is 6.16. The molecule has 0 bridgehead atoms. The fraction of sp³-hybridized carbons (Fsp3) is 1.00. The third-order valence-corrected chi connectivity index (χ3v) is 3.97. The molecule has 84 valence electrons. The van der Waals surface area contributed by atoms with Gasteiger partial charge in [0.05, 0.1) is 0 Å². The maximum absolute atomic E-state index is 6.14. The first-order valence-corrected chi connectivity index (χ1v) is 5.66. The van der Waals surface area contributed by atoms with E-state index in [0.717, 1.165) is 13.1 Å². The van der Waals surface area contributed by atoms with Gasteiger partial charge in [-0.3, -0.25) is 0 Å². The molecule has 0 aliphatic heterocycles. The molecule has 2 heteroatoms. The summed E-state index contributed by atoms with van der Waals surface area (Å²) >= 11 is 0. The van der Waals surface area contributed by atoms with Crippen LogP contribution in [0.1, 0.15) is 47.5 Å². The zero-order valence-electron chi connectivity index (χ0n) is 10.4. The Morgan fingerprint density at radius 1 is 1.21 bits per heavy atom. The Bertz CT molecular complexity index is 197. The molecule has 0 aromatic carbocycles. The van der Waals surface area contributed by atoms with Gasteiger partial charge in [0, 0.05) is 18.6 Å². The summed E-state index contributed by atoms with van der Waals surface area (Å²) < 4.78 is 0. The Hall–Kier alpha value is -0.0800. The summed E-state index contributed by atoms with van der Waals surface area (Å²) in [6.07, 6.45) is 2.76. The van der Waals surface area contributed by atoms with E-state index in [0.29, 0.717) is 5.41 Å². The minimum Gasteiger partial charge on any atom is -0.325 e. The quantitative estimate of drug-likeness (QED) is 0.710. The summed E-state index contributed by atoms with van der Waals surface area (Å²) in [4.78, 5) is 0. The lowest BCUT2D eigenvalue weighted by Crippen LogP contribution is -2.52. The molecular weight excluding hydrogens is 172 g/mol. The highest BCUT2D eigenvalue weighted by atomic mass is 14.9. The maximum atomic E-state index is 6.14. The maximum Gasteiger partial charge on any atom is 0.0161 e. The van der Waals surface area contributed by atoms with Crippen LogP contribution in [0, 0.1) is 10.8 Å². The van der Waals surface area contributed by atoms with E-state index in [4.69, 9.17) is 5.73 Å². The highest BCUT2D eigenvalue weighted by Crippen LogP contribution is 2.44. The van der Waals surface area contributed by atoms with Crippen molar-refractivity contribution in [3.63, 3.8) is 0 Å². The third kappa shape index (κ3) is 2.96. The minimum absolute atomic E-state index is 0.121. The molecule has 1 rings (SSSR count). The van der Waals surface area contributed by atoms with Gasteiger partial charge in [-0.2, -0.15) is 0 Å². The molecule has 0 radical (unpaired) electrons. The molecule has 0 aromatic heterocycles. The Morgan fingerprint density at radius 3 is 2.07 bits per heavy atom. The third-order valence-electron chi connectivity index (χ3n) is 3.97.